The number of aliphatic hydroxyl groups excluding tert-OH is 1. The predicted molar refractivity (Wildman–Crippen MR) is 208 cm³/mol. The van der Waals surface area contributed by atoms with Crippen molar-refractivity contribution in [2.24, 2.45) is 22.7 Å². The third-order valence-electron chi connectivity index (χ3n) is 12.9. The molecule has 16 nitrogen and oxygen atoms in total. The zero-order valence-corrected chi connectivity index (χ0v) is 34.8. The van der Waals surface area contributed by atoms with Crippen molar-refractivity contribution in [2.45, 2.75) is 128 Å². The number of nitrogens with one attached hydrogen (secondary N) is 2. The number of esters is 4. The van der Waals surface area contributed by atoms with Gasteiger partial charge in [-0.1, -0.05) is 62.4 Å². The lowest BCUT2D eigenvalue weighted by Gasteiger charge is -2.62. The van der Waals surface area contributed by atoms with Gasteiger partial charge >= 0.3 is 29.9 Å². The van der Waals surface area contributed by atoms with Crippen LogP contribution in [0.2, 0.25) is 0 Å². The monoisotopic (exact) mass is 832 g/mol. The molecule has 2 aromatic carbocycles. The van der Waals surface area contributed by atoms with Crippen LogP contribution >= 0.6 is 0 Å². The van der Waals surface area contributed by atoms with Crippen LogP contribution in [0, 0.1) is 22.7 Å². The summed E-state index contributed by atoms with van der Waals surface area (Å²) in [6, 6.07) is 14.2. The van der Waals surface area contributed by atoms with Gasteiger partial charge in [0.05, 0.1) is 17.5 Å². The van der Waals surface area contributed by atoms with Crippen LogP contribution in [0.15, 0.2) is 71.8 Å². The highest BCUT2D eigenvalue weighted by atomic mass is 17.3. The van der Waals surface area contributed by atoms with Crippen LogP contribution in [0.4, 0.5) is 4.79 Å². The van der Waals surface area contributed by atoms with Gasteiger partial charge in [0.1, 0.15) is 17.8 Å². The Morgan fingerprint density at radius 2 is 1.53 bits per heavy atom. The number of amides is 2. The summed E-state index contributed by atoms with van der Waals surface area (Å²) in [7, 11) is 0. The van der Waals surface area contributed by atoms with Gasteiger partial charge < -0.3 is 39.8 Å². The van der Waals surface area contributed by atoms with Crippen molar-refractivity contribution in [3.8, 4) is 0 Å². The number of fused-ring (bicyclic) bond motifs is 4. The van der Waals surface area contributed by atoms with Crippen molar-refractivity contribution in [3.05, 3.63) is 82.9 Å². The van der Waals surface area contributed by atoms with Gasteiger partial charge in [0, 0.05) is 36.6 Å². The third-order valence-corrected chi connectivity index (χ3v) is 12.9. The average Bonchev–Trinajstić information content (AvgIpc) is 3.90. The van der Waals surface area contributed by atoms with E-state index in [9.17, 15) is 34.2 Å². The number of aliphatic hydroxyl groups is 2. The fraction of sp³-hybridized carbons (Fsp3) is 0.545. The maximum Gasteiger partial charge on any atom is 0.338 e. The molecule has 60 heavy (non-hydrogen) atoms. The van der Waals surface area contributed by atoms with E-state index >= 15 is 4.79 Å². The first-order chi connectivity index (χ1) is 28.1. The SMILES string of the molecule is CC(=O)O[C@H]1C(=O)[C@]23C[C@H]2C[C@H]2OO[C@@]2(OC(C)=O)[C@H]3[C@H](OC(=O)c2ccccc2)[C@]2(O)C[C@H](OC(=O)[C@H](O)[C@@H](NC(=O)NC(C)(C)C)c3ccccc3)C(C)=C1C2(C)C. The maximum absolute atomic E-state index is 15.4. The molecule has 1 saturated heterocycles. The molecular formula is C44H52N2O14. The van der Waals surface area contributed by atoms with Crippen LogP contribution < -0.4 is 10.6 Å². The molecule has 2 aromatic rings. The van der Waals surface area contributed by atoms with E-state index in [1.165, 1.54) is 12.1 Å². The lowest BCUT2D eigenvalue weighted by Crippen LogP contribution is -2.77. The van der Waals surface area contributed by atoms with Crippen LogP contribution in [0.25, 0.3) is 0 Å². The van der Waals surface area contributed by atoms with Gasteiger partial charge in [-0.15, -0.1) is 0 Å². The first kappa shape index (κ1) is 42.9. The smallest absolute Gasteiger partial charge is 0.338 e. The second kappa shape index (κ2) is 15.1. The summed E-state index contributed by atoms with van der Waals surface area (Å²) in [5.41, 5.74) is -5.30. The summed E-state index contributed by atoms with van der Waals surface area (Å²) < 4.78 is 24.3. The fourth-order valence-electron chi connectivity index (χ4n) is 10.1. The van der Waals surface area contributed by atoms with Crippen molar-refractivity contribution in [3.63, 3.8) is 0 Å². The molecule has 1 heterocycles. The Kier molecular flexibility index (Phi) is 10.8. The molecule has 7 rings (SSSR count). The number of rotatable bonds is 9. The molecule has 16 heteroatoms. The molecule has 322 valence electrons. The summed E-state index contributed by atoms with van der Waals surface area (Å²) in [5, 5.41) is 30.7. The van der Waals surface area contributed by atoms with Gasteiger partial charge in [-0.3, -0.25) is 14.4 Å². The normalized spacial score (nSPS) is 33.3. The maximum atomic E-state index is 15.4. The van der Waals surface area contributed by atoms with Crippen LogP contribution in [0.3, 0.4) is 0 Å². The van der Waals surface area contributed by atoms with Gasteiger partial charge in [-0.2, -0.15) is 4.89 Å². The zero-order chi connectivity index (χ0) is 43.7. The van der Waals surface area contributed by atoms with Crippen molar-refractivity contribution in [2.75, 3.05) is 0 Å². The Balaban J connectivity index is 1.37. The van der Waals surface area contributed by atoms with E-state index in [-0.39, 0.29) is 29.6 Å². The summed E-state index contributed by atoms with van der Waals surface area (Å²) >= 11 is 0. The van der Waals surface area contributed by atoms with Crippen LogP contribution in [-0.4, -0.2) is 93.4 Å². The summed E-state index contributed by atoms with van der Waals surface area (Å²) in [6.07, 6.45) is -7.89. The molecule has 3 saturated carbocycles. The van der Waals surface area contributed by atoms with Gasteiger partial charge in [0.15, 0.2) is 24.1 Å². The number of hydrogen-bond donors (Lipinski definition) is 4. The molecule has 0 radical (unpaired) electrons. The summed E-state index contributed by atoms with van der Waals surface area (Å²) in [4.78, 5) is 94.0. The fourth-order valence-corrected chi connectivity index (χ4v) is 10.1. The largest absolute Gasteiger partial charge is 0.456 e. The Bertz CT molecular complexity index is 2120. The van der Waals surface area contributed by atoms with Crippen molar-refractivity contribution in [1.29, 1.82) is 0 Å². The minimum atomic E-state index is -2.32. The van der Waals surface area contributed by atoms with Crippen molar-refractivity contribution in [1.82, 2.24) is 10.6 Å². The second-order valence-corrected chi connectivity index (χ2v) is 18.1. The Morgan fingerprint density at radius 1 is 0.900 bits per heavy atom. The van der Waals surface area contributed by atoms with Gasteiger partial charge in [-0.05, 0) is 75.3 Å². The van der Waals surface area contributed by atoms with E-state index in [4.69, 9.17) is 28.7 Å². The molecule has 5 aliphatic rings. The Labute approximate surface area is 347 Å². The highest BCUT2D eigenvalue weighted by Crippen LogP contribution is 2.75. The predicted octanol–water partition coefficient (Wildman–Crippen LogP) is 3.93. The highest BCUT2D eigenvalue weighted by molar-refractivity contribution is 5.97. The van der Waals surface area contributed by atoms with E-state index in [2.05, 4.69) is 10.6 Å². The molecular weight excluding hydrogens is 780 g/mol. The lowest BCUT2D eigenvalue weighted by molar-refractivity contribution is -0.588. The van der Waals surface area contributed by atoms with Gasteiger partial charge in [-0.25, -0.2) is 19.3 Å². The van der Waals surface area contributed by atoms with Gasteiger partial charge in [0.25, 0.3) is 5.79 Å². The number of benzene rings is 2. The highest BCUT2D eigenvalue weighted by Gasteiger charge is 2.85. The van der Waals surface area contributed by atoms with Crippen molar-refractivity contribution < 1.29 is 67.7 Å². The van der Waals surface area contributed by atoms with E-state index < -0.39 is 118 Å². The van der Waals surface area contributed by atoms with Crippen LogP contribution in [-0.2, 0) is 47.9 Å². The average molecular weight is 833 g/mol. The number of Topliss-reactive ketones (excluding diaryl/α,β-unsaturated/α-hetero) is 1. The molecule has 4 fully saturated rings. The molecule has 4 N–H and O–H groups in total. The molecule has 1 spiro atoms. The van der Waals surface area contributed by atoms with Crippen LogP contribution in [0.5, 0.6) is 0 Å². The quantitative estimate of drug-likeness (QED) is 0.122. The minimum Gasteiger partial charge on any atom is -0.456 e. The lowest BCUT2D eigenvalue weighted by atomic mass is 9.50. The molecule has 11 atom stereocenters. The second-order valence-electron chi connectivity index (χ2n) is 18.1. The minimum absolute atomic E-state index is 0.0969. The summed E-state index contributed by atoms with van der Waals surface area (Å²) in [5.74, 6) is -8.24. The number of carbonyl (C=O) groups excluding carboxylic acids is 6. The molecule has 2 amide bonds. The number of ether oxygens (including phenoxy) is 4. The van der Waals surface area contributed by atoms with E-state index in [0.717, 1.165) is 13.8 Å². The zero-order valence-electron chi connectivity index (χ0n) is 34.8. The standard InChI is InChI=1S/C44H52N2O14/c1-22-28(56-38(52)32(49)31(25-15-11-9-12-16-25)45-39(53)46-40(4,5)6)21-43(54)36(57-37(51)26-17-13-10-14-18-26)34-42(35(50)33(55-23(2)47)30(22)41(43,7)8)20-27(42)19-29-44(34,60-59-29)58-24(3)48/h9-18,27-29,31-34,36,49,54H,19-21H2,1-8H3,(H2,45,46,53)/t27-,28+,29-,31+,32-,33-,34+,36+,42-,43-,44-/m1/s1. The first-order valence-electron chi connectivity index (χ1n) is 20.0. The van der Waals surface area contributed by atoms with Crippen molar-refractivity contribution >= 4 is 35.7 Å². The van der Waals surface area contributed by atoms with Gasteiger partial charge in [0.2, 0.25) is 0 Å². The Morgan fingerprint density at radius 3 is 2.10 bits per heavy atom. The number of hydrogen-bond acceptors (Lipinski definition) is 14. The number of carbonyl (C=O) groups is 6. The summed E-state index contributed by atoms with van der Waals surface area (Å²) in [6.45, 7) is 12.3. The molecule has 2 bridgehead atoms. The molecule has 4 aliphatic carbocycles. The van der Waals surface area contributed by atoms with E-state index in [0.29, 0.717) is 5.56 Å². The van der Waals surface area contributed by atoms with E-state index in [1.807, 2.05) is 0 Å². The first-order valence-corrected chi connectivity index (χ1v) is 20.0. The number of ketones is 1. The van der Waals surface area contributed by atoms with Crippen LogP contribution in [0.1, 0.15) is 96.6 Å². The molecule has 0 aromatic heterocycles. The Hall–Kier alpha value is -5.16. The topological polar surface area (TPSA) is 222 Å². The third kappa shape index (κ3) is 7.06. The molecule has 0 unspecified atom stereocenters. The molecule has 1 aliphatic heterocycles. The number of urea groups is 1. The van der Waals surface area contributed by atoms with E-state index in [1.54, 1.807) is 90.1 Å².